The van der Waals surface area contributed by atoms with Crippen LogP contribution in [-0.2, 0) is 0 Å². The number of rotatable bonds is 2. The van der Waals surface area contributed by atoms with Crippen molar-refractivity contribution in [3.8, 4) is 0 Å². The summed E-state index contributed by atoms with van der Waals surface area (Å²) >= 11 is 6.11. The molecule has 4 heteroatoms. The Balaban J connectivity index is 2.06. The Morgan fingerprint density at radius 3 is 2.29 bits per heavy atom. The Labute approximate surface area is 108 Å². The van der Waals surface area contributed by atoms with Crippen LogP contribution in [0, 0.1) is 19.8 Å². The summed E-state index contributed by atoms with van der Waals surface area (Å²) in [4.78, 5) is 8.77. The zero-order valence-electron chi connectivity index (χ0n) is 10.8. The summed E-state index contributed by atoms with van der Waals surface area (Å²) in [6, 6.07) is 0.500. The third-order valence-corrected chi connectivity index (χ3v) is 3.88. The van der Waals surface area contributed by atoms with E-state index in [1.54, 1.807) is 0 Å². The quantitative estimate of drug-likeness (QED) is 0.873. The van der Waals surface area contributed by atoms with Gasteiger partial charge in [0.25, 0.3) is 0 Å². The molecule has 1 aromatic rings. The molecule has 0 bridgehead atoms. The first-order chi connectivity index (χ1) is 8.06. The number of nitrogens with one attached hydrogen (secondary N) is 1. The zero-order valence-corrected chi connectivity index (χ0v) is 11.5. The molecule has 0 amide bonds. The molecule has 0 unspecified atom stereocenters. The fraction of sp³-hybridized carbons (Fsp3) is 0.692. The Hall–Kier alpha value is -0.830. The van der Waals surface area contributed by atoms with E-state index < -0.39 is 0 Å². The van der Waals surface area contributed by atoms with Crippen molar-refractivity contribution in [1.29, 1.82) is 0 Å². The van der Waals surface area contributed by atoms with Crippen LogP contribution >= 0.6 is 11.6 Å². The lowest BCUT2D eigenvalue weighted by Crippen LogP contribution is -2.26. The van der Waals surface area contributed by atoms with E-state index in [4.69, 9.17) is 11.6 Å². The molecular formula is C13H20ClN3. The summed E-state index contributed by atoms with van der Waals surface area (Å²) in [7, 11) is 0. The van der Waals surface area contributed by atoms with Crippen LogP contribution in [0.2, 0.25) is 5.15 Å². The first-order valence-corrected chi connectivity index (χ1v) is 6.71. The summed E-state index contributed by atoms with van der Waals surface area (Å²) in [5.74, 6) is 1.60. The number of nitrogens with zero attached hydrogens (tertiary/aromatic N) is 2. The van der Waals surface area contributed by atoms with Crippen molar-refractivity contribution in [2.45, 2.75) is 52.5 Å². The normalized spacial score (nSPS) is 24.7. The fourth-order valence-electron chi connectivity index (χ4n) is 2.27. The van der Waals surface area contributed by atoms with Gasteiger partial charge in [0.15, 0.2) is 11.0 Å². The highest BCUT2D eigenvalue weighted by Crippen LogP contribution is 2.27. The number of halogens is 1. The van der Waals surface area contributed by atoms with E-state index >= 15 is 0 Å². The van der Waals surface area contributed by atoms with E-state index in [2.05, 4.69) is 22.2 Å². The lowest BCUT2D eigenvalue weighted by atomic mass is 9.87. The van der Waals surface area contributed by atoms with Gasteiger partial charge < -0.3 is 5.32 Å². The molecule has 1 aromatic heterocycles. The SMILES string of the molecule is Cc1nc(Cl)c(NC2CCC(C)CC2)nc1C. The minimum absolute atomic E-state index is 0.492. The molecule has 1 aliphatic rings. The Morgan fingerprint density at radius 1 is 1.06 bits per heavy atom. The third-order valence-electron chi connectivity index (χ3n) is 3.62. The number of aryl methyl sites for hydroxylation is 2. The molecule has 0 aromatic carbocycles. The second kappa shape index (κ2) is 5.21. The van der Waals surface area contributed by atoms with Crippen molar-refractivity contribution in [3.05, 3.63) is 16.5 Å². The molecule has 0 saturated heterocycles. The van der Waals surface area contributed by atoms with Gasteiger partial charge in [0.1, 0.15) is 0 Å². The molecule has 1 fully saturated rings. The number of hydrogen-bond donors (Lipinski definition) is 1. The molecule has 0 atom stereocenters. The molecule has 94 valence electrons. The fourth-order valence-corrected chi connectivity index (χ4v) is 2.49. The Bertz CT molecular complexity index is 398. The van der Waals surface area contributed by atoms with Gasteiger partial charge in [-0.15, -0.1) is 0 Å². The van der Waals surface area contributed by atoms with Crippen LogP contribution in [0.4, 0.5) is 5.82 Å². The average molecular weight is 254 g/mol. The van der Waals surface area contributed by atoms with Gasteiger partial charge in [-0.2, -0.15) is 0 Å². The van der Waals surface area contributed by atoms with Gasteiger partial charge in [-0.3, -0.25) is 0 Å². The Kier molecular flexibility index (Phi) is 3.87. The third kappa shape index (κ3) is 3.09. The van der Waals surface area contributed by atoms with Crippen molar-refractivity contribution in [3.63, 3.8) is 0 Å². The van der Waals surface area contributed by atoms with Crippen molar-refractivity contribution in [2.24, 2.45) is 5.92 Å². The highest BCUT2D eigenvalue weighted by Gasteiger charge is 2.19. The van der Waals surface area contributed by atoms with Gasteiger partial charge in [0, 0.05) is 6.04 Å². The summed E-state index contributed by atoms with van der Waals surface area (Å²) in [5.41, 5.74) is 1.85. The van der Waals surface area contributed by atoms with E-state index in [9.17, 15) is 0 Å². The number of anilines is 1. The predicted octanol–water partition coefficient (Wildman–Crippen LogP) is 3.74. The maximum Gasteiger partial charge on any atom is 0.171 e. The lowest BCUT2D eigenvalue weighted by Gasteiger charge is -2.27. The molecule has 17 heavy (non-hydrogen) atoms. The maximum absolute atomic E-state index is 6.11. The summed E-state index contributed by atoms with van der Waals surface area (Å²) in [5, 5.41) is 3.92. The minimum Gasteiger partial charge on any atom is -0.365 e. The Morgan fingerprint density at radius 2 is 1.65 bits per heavy atom. The molecule has 3 nitrogen and oxygen atoms in total. The van der Waals surface area contributed by atoms with Gasteiger partial charge in [-0.25, -0.2) is 9.97 Å². The van der Waals surface area contributed by atoms with Crippen LogP contribution in [0.15, 0.2) is 0 Å². The zero-order chi connectivity index (χ0) is 12.4. The van der Waals surface area contributed by atoms with E-state index in [1.807, 2.05) is 13.8 Å². The highest BCUT2D eigenvalue weighted by atomic mass is 35.5. The van der Waals surface area contributed by atoms with Crippen LogP contribution < -0.4 is 5.32 Å². The van der Waals surface area contributed by atoms with E-state index in [0.29, 0.717) is 11.2 Å². The van der Waals surface area contributed by atoms with Crippen molar-refractivity contribution in [1.82, 2.24) is 9.97 Å². The standard InChI is InChI=1S/C13H20ClN3/c1-8-4-6-11(7-5-8)17-13-12(14)15-9(2)10(3)16-13/h8,11H,4-7H2,1-3H3,(H,16,17). The maximum atomic E-state index is 6.11. The van der Waals surface area contributed by atoms with Crippen molar-refractivity contribution < 1.29 is 0 Å². The molecule has 0 spiro atoms. The van der Waals surface area contributed by atoms with Crippen LogP contribution in [0.5, 0.6) is 0 Å². The number of aromatic nitrogens is 2. The molecule has 0 aliphatic heterocycles. The van der Waals surface area contributed by atoms with Crippen molar-refractivity contribution >= 4 is 17.4 Å². The molecule has 1 N–H and O–H groups in total. The monoisotopic (exact) mass is 253 g/mol. The highest BCUT2D eigenvalue weighted by molar-refractivity contribution is 6.31. The molecule has 1 aliphatic carbocycles. The van der Waals surface area contributed by atoms with Gasteiger partial charge in [0.05, 0.1) is 11.4 Å². The van der Waals surface area contributed by atoms with Crippen molar-refractivity contribution in [2.75, 3.05) is 5.32 Å². The second-order valence-corrected chi connectivity index (χ2v) is 5.49. The van der Waals surface area contributed by atoms with Gasteiger partial charge >= 0.3 is 0 Å². The van der Waals surface area contributed by atoms with Crippen LogP contribution in [0.1, 0.15) is 44.0 Å². The summed E-state index contributed by atoms with van der Waals surface area (Å²) in [6.45, 7) is 6.21. The lowest BCUT2D eigenvalue weighted by molar-refractivity contribution is 0.360. The minimum atomic E-state index is 0.492. The average Bonchev–Trinajstić information content (AvgIpc) is 2.29. The second-order valence-electron chi connectivity index (χ2n) is 5.13. The summed E-state index contributed by atoms with van der Waals surface area (Å²) < 4.78 is 0. The van der Waals surface area contributed by atoms with Crippen LogP contribution in [0.3, 0.4) is 0 Å². The molecule has 1 saturated carbocycles. The van der Waals surface area contributed by atoms with Gasteiger partial charge in [-0.05, 0) is 45.4 Å². The first-order valence-electron chi connectivity index (χ1n) is 6.33. The van der Waals surface area contributed by atoms with Gasteiger partial charge in [-0.1, -0.05) is 18.5 Å². The largest absolute Gasteiger partial charge is 0.365 e. The van der Waals surface area contributed by atoms with E-state index in [-0.39, 0.29) is 0 Å². The molecule has 0 radical (unpaired) electrons. The topological polar surface area (TPSA) is 37.8 Å². The van der Waals surface area contributed by atoms with Crippen LogP contribution in [-0.4, -0.2) is 16.0 Å². The predicted molar refractivity (Wildman–Crippen MR) is 71.6 cm³/mol. The summed E-state index contributed by atoms with van der Waals surface area (Å²) in [6.07, 6.45) is 4.97. The van der Waals surface area contributed by atoms with Crippen LogP contribution in [0.25, 0.3) is 0 Å². The first kappa shape index (κ1) is 12.6. The molecule has 1 heterocycles. The molecular weight excluding hydrogens is 234 g/mol. The smallest absolute Gasteiger partial charge is 0.171 e. The van der Waals surface area contributed by atoms with E-state index in [0.717, 1.165) is 23.1 Å². The van der Waals surface area contributed by atoms with Gasteiger partial charge in [0.2, 0.25) is 0 Å². The molecule has 2 rings (SSSR count). The number of hydrogen-bond acceptors (Lipinski definition) is 3. The van der Waals surface area contributed by atoms with E-state index in [1.165, 1.54) is 25.7 Å².